The highest BCUT2D eigenvalue weighted by Gasteiger charge is 2.18. The first kappa shape index (κ1) is 17.5. The molecular weight excluding hydrogens is 346 g/mol. The van der Waals surface area contributed by atoms with E-state index in [2.05, 4.69) is 51.6 Å². The number of nitrogens with two attached hydrogens (primary N) is 2. The molecule has 5 N–H and O–H groups in total. The van der Waals surface area contributed by atoms with Crippen molar-refractivity contribution in [1.29, 1.82) is 0 Å². The van der Waals surface area contributed by atoms with Gasteiger partial charge in [0.15, 0.2) is 0 Å². The second-order valence-electron chi connectivity index (χ2n) is 6.52. The van der Waals surface area contributed by atoms with Gasteiger partial charge in [-0.2, -0.15) is 5.10 Å². The van der Waals surface area contributed by atoms with Crippen molar-refractivity contribution in [2.45, 2.75) is 6.42 Å². The second kappa shape index (κ2) is 7.80. The van der Waals surface area contributed by atoms with Crippen molar-refractivity contribution in [3.63, 3.8) is 0 Å². The van der Waals surface area contributed by atoms with E-state index in [1.54, 1.807) is 0 Å². The summed E-state index contributed by atoms with van der Waals surface area (Å²) in [5.74, 6) is -0.0633. The number of H-pyrrole nitrogens is 1. The van der Waals surface area contributed by atoms with Gasteiger partial charge in [0.2, 0.25) is 5.96 Å². The first-order valence-electron chi connectivity index (χ1n) is 9.08. The summed E-state index contributed by atoms with van der Waals surface area (Å²) < 4.78 is 0. The number of hydrogen-bond acceptors (Lipinski definition) is 2. The fourth-order valence-electron chi connectivity index (χ4n) is 3.34. The summed E-state index contributed by atoms with van der Waals surface area (Å²) in [6.07, 6.45) is 0.610. The van der Waals surface area contributed by atoms with Crippen molar-refractivity contribution < 1.29 is 0 Å². The van der Waals surface area contributed by atoms with Crippen molar-refractivity contribution in [2.24, 2.45) is 21.7 Å². The number of benzene rings is 3. The van der Waals surface area contributed by atoms with Gasteiger partial charge >= 0.3 is 0 Å². The van der Waals surface area contributed by atoms with Gasteiger partial charge in [0, 0.05) is 22.9 Å². The molecule has 0 aliphatic heterocycles. The maximum absolute atomic E-state index is 5.56. The highest BCUT2D eigenvalue weighted by Crippen LogP contribution is 2.31. The molecule has 0 amide bonds. The third kappa shape index (κ3) is 3.64. The van der Waals surface area contributed by atoms with Crippen LogP contribution in [0.3, 0.4) is 0 Å². The summed E-state index contributed by atoms with van der Waals surface area (Å²) in [6, 6.07) is 28.6. The van der Waals surface area contributed by atoms with Gasteiger partial charge in [-0.3, -0.25) is 0 Å². The molecule has 0 radical (unpaired) electrons. The molecule has 0 unspecified atom stereocenters. The molecule has 3 aromatic carbocycles. The summed E-state index contributed by atoms with van der Waals surface area (Å²) in [4.78, 5) is 3.54. The lowest BCUT2D eigenvalue weighted by Crippen LogP contribution is -2.22. The van der Waals surface area contributed by atoms with E-state index in [4.69, 9.17) is 11.5 Å². The average molecular weight is 367 g/mol. The zero-order valence-electron chi connectivity index (χ0n) is 15.3. The third-order valence-electron chi connectivity index (χ3n) is 4.56. The van der Waals surface area contributed by atoms with Gasteiger partial charge in [-0.05, 0) is 17.2 Å². The van der Waals surface area contributed by atoms with Crippen molar-refractivity contribution in [2.75, 3.05) is 0 Å². The molecule has 4 rings (SSSR count). The minimum absolute atomic E-state index is 0.0633. The van der Waals surface area contributed by atoms with E-state index in [-0.39, 0.29) is 5.96 Å². The Bertz CT molecular complexity index is 1140. The molecule has 0 atom stereocenters. The molecular formula is C23H21N5. The SMILES string of the molecule is NC(N)=NN=C(Cc1ccccc1)c1c(-c2ccccc2)[nH]c2ccccc12. The monoisotopic (exact) mass is 367 g/mol. The zero-order valence-corrected chi connectivity index (χ0v) is 15.3. The lowest BCUT2D eigenvalue weighted by atomic mass is 9.97. The smallest absolute Gasteiger partial charge is 0.211 e. The van der Waals surface area contributed by atoms with Gasteiger partial charge < -0.3 is 16.5 Å². The van der Waals surface area contributed by atoms with Crippen LogP contribution in [0.2, 0.25) is 0 Å². The van der Waals surface area contributed by atoms with Gasteiger partial charge in [0.25, 0.3) is 0 Å². The summed E-state index contributed by atoms with van der Waals surface area (Å²) in [7, 11) is 0. The minimum Gasteiger partial charge on any atom is -0.369 e. The number of aromatic amines is 1. The summed E-state index contributed by atoms with van der Waals surface area (Å²) in [6.45, 7) is 0. The Balaban J connectivity index is 1.94. The molecule has 5 nitrogen and oxygen atoms in total. The van der Waals surface area contributed by atoms with Gasteiger partial charge in [-0.25, -0.2) is 0 Å². The topological polar surface area (TPSA) is 92.6 Å². The molecule has 28 heavy (non-hydrogen) atoms. The van der Waals surface area contributed by atoms with E-state index in [0.29, 0.717) is 6.42 Å². The lowest BCUT2D eigenvalue weighted by molar-refractivity contribution is 1.17. The number of hydrogen-bond donors (Lipinski definition) is 3. The third-order valence-corrected chi connectivity index (χ3v) is 4.56. The van der Waals surface area contributed by atoms with Crippen LogP contribution < -0.4 is 11.5 Å². The summed E-state index contributed by atoms with van der Waals surface area (Å²) in [5.41, 5.74) is 17.2. The molecule has 0 fully saturated rings. The number of para-hydroxylation sites is 1. The van der Waals surface area contributed by atoms with Crippen molar-refractivity contribution in [3.05, 3.63) is 96.1 Å². The predicted octanol–water partition coefficient (Wildman–Crippen LogP) is 4.06. The molecule has 0 aliphatic rings. The van der Waals surface area contributed by atoms with Crippen LogP contribution >= 0.6 is 0 Å². The quantitative estimate of drug-likeness (QED) is 0.282. The minimum atomic E-state index is -0.0633. The normalized spacial score (nSPS) is 11.5. The van der Waals surface area contributed by atoms with E-state index in [0.717, 1.165) is 39.0 Å². The second-order valence-corrected chi connectivity index (χ2v) is 6.52. The predicted molar refractivity (Wildman–Crippen MR) is 116 cm³/mol. The van der Waals surface area contributed by atoms with Crippen LogP contribution in [0, 0.1) is 0 Å². The molecule has 0 aliphatic carbocycles. The van der Waals surface area contributed by atoms with Gasteiger partial charge in [0.1, 0.15) is 0 Å². The van der Waals surface area contributed by atoms with Crippen molar-refractivity contribution >= 4 is 22.6 Å². The first-order chi connectivity index (χ1) is 13.7. The lowest BCUT2D eigenvalue weighted by Gasteiger charge is -2.09. The molecule has 0 saturated carbocycles. The van der Waals surface area contributed by atoms with E-state index in [1.165, 1.54) is 0 Å². The van der Waals surface area contributed by atoms with Crippen LogP contribution in [-0.2, 0) is 6.42 Å². The Kier molecular flexibility index (Phi) is 4.89. The fraction of sp³-hybridized carbons (Fsp3) is 0.0435. The van der Waals surface area contributed by atoms with Crippen molar-refractivity contribution in [1.82, 2.24) is 4.98 Å². The van der Waals surface area contributed by atoms with Crippen LogP contribution in [0.4, 0.5) is 0 Å². The highest BCUT2D eigenvalue weighted by atomic mass is 15.3. The standard InChI is InChI=1S/C23H21N5/c24-23(25)28-27-20(15-16-9-3-1-4-10-16)21-18-13-7-8-14-19(18)26-22(21)17-11-5-2-6-12-17/h1-14,26H,15H2,(H4,24,25,28). The Morgan fingerprint density at radius 3 is 2.11 bits per heavy atom. The Labute approximate surface area is 163 Å². The average Bonchev–Trinajstić information content (AvgIpc) is 3.12. The van der Waals surface area contributed by atoms with Crippen LogP contribution in [0.5, 0.6) is 0 Å². The fourth-order valence-corrected chi connectivity index (χ4v) is 3.34. The van der Waals surface area contributed by atoms with E-state index < -0.39 is 0 Å². The van der Waals surface area contributed by atoms with Crippen LogP contribution in [0.15, 0.2) is 95.1 Å². The molecule has 0 saturated heterocycles. The summed E-state index contributed by atoms with van der Waals surface area (Å²) in [5, 5.41) is 9.48. The maximum atomic E-state index is 5.56. The number of nitrogens with one attached hydrogen (secondary N) is 1. The molecule has 0 spiro atoms. The molecule has 1 heterocycles. The Morgan fingerprint density at radius 2 is 1.39 bits per heavy atom. The largest absolute Gasteiger partial charge is 0.369 e. The molecule has 1 aromatic heterocycles. The molecule has 138 valence electrons. The highest BCUT2D eigenvalue weighted by molar-refractivity contribution is 6.16. The number of nitrogens with zero attached hydrogens (tertiary/aromatic N) is 2. The maximum Gasteiger partial charge on any atom is 0.211 e. The zero-order chi connectivity index (χ0) is 19.3. The number of guanidine groups is 1. The van der Waals surface area contributed by atoms with Gasteiger partial charge in [0.05, 0.1) is 11.4 Å². The molecule has 5 heteroatoms. The number of fused-ring (bicyclic) bond motifs is 1. The van der Waals surface area contributed by atoms with Crippen LogP contribution in [0.25, 0.3) is 22.2 Å². The Hall–Kier alpha value is -3.86. The van der Waals surface area contributed by atoms with E-state index >= 15 is 0 Å². The molecule has 4 aromatic rings. The van der Waals surface area contributed by atoms with Crippen LogP contribution in [-0.4, -0.2) is 16.7 Å². The van der Waals surface area contributed by atoms with E-state index in [1.807, 2.05) is 48.5 Å². The summed E-state index contributed by atoms with van der Waals surface area (Å²) >= 11 is 0. The molecule has 0 bridgehead atoms. The van der Waals surface area contributed by atoms with Gasteiger partial charge in [-0.15, -0.1) is 5.10 Å². The van der Waals surface area contributed by atoms with Crippen LogP contribution in [0.1, 0.15) is 11.1 Å². The number of aromatic nitrogens is 1. The Morgan fingerprint density at radius 1 is 0.750 bits per heavy atom. The van der Waals surface area contributed by atoms with Crippen molar-refractivity contribution in [3.8, 4) is 11.3 Å². The van der Waals surface area contributed by atoms with E-state index in [9.17, 15) is 0 Å². The first-order valence-corrected chi connectivity index (χ1v) is 9.08. The number of rotatable bonds is 5. The van der Waals surface area contributed by atoms with Gasteiger partial charge in [-0.1, -0.05) is 78.9 Å².